The molecule has 4 nitrogen and oxygen atoms in total. The van der Waals surface area contributed by atoms with Crippen molar-refractivity contribution >= 4 is 11.6 Å². The van der Waals surface area contributed by atoms with E-state index in [-0.39, 0.29) is 18.2 Å². The molecule has 0 spiro atoms. The number of rotatable bonds is 3. The molecule has 2 rings (SSSR count). The maximum absolute atomic E-state index is 11.9. The van der Waals surface area contributed by atoms with Crippen molar-refractivity contribution in [2.75, 3.05) is 13.7 Å². The fourth-order valence-electron chi connectivity index (χ4n) is 1.90. The molecule has 0 saturated carbocycles. The predicted octanol–water partition coefficient (Wildman–Crippen LogP) is 1.24. The Morgan fingerprint density at radius 1 is 1.67 bits per heavy atom. The lowest BCUT2D eigenvalue weighted by Gasteiger charge is -2.18. The van der Waals surface area contributed by atoms with Crippen LogP contribution in [-0.4, -0.2) is 25.3 Å². The van der Waals surface area contributed by atoms with Crippen LogP contribution in [0.4, 0.5) is 0 Å². The third kappa shape index (κ3) is 1.72. The van der Waals surface area contributed by atoms with E-state index in [0.29, 0.717) is 24.2 Å². The van der Waals surface area contributed by atoms with Crippen LogP contribution in [0, 0.1) is 5.92 Å². The summed E-state index contributed by atoms with van der Waals surface area (Å²) in [6.07, 6.45) is 2.67. The monoisotopic (exact) mass is 208 g/mol. The minimum absolute atomic E-state index is 0.00356. The molecular weight excluding hydrogens is 196 g/mol. The average Bonchev–Trinajstić information content (AvgIpc) is 2.67. The van der Waals surface area contributed by atoms with Crippen molar-refractivity contribution in [1.29, 1.82) is 0 Å². The van der Waals surface area contributed by atoms with Crippen molar-refractivity contribution in [1.82, 2.24) is 0 Å². The SMILES string of the molecule is COCC(=O)C1CCc2occc2C1=O. The van der Waals surface area contributed by atoms with Gasteiger partial charge in [0.05, 0.1) is 17.7 Å². The summed E-state index contributed by atoms with van der Waals surface area (Å²) in [6, 6.07) is 1.63. The number of furan rings is 1. The van der Waals surface area contributed by atoms with Crippen molar-refractivity contribution in [3.63, 3.8) is 0 Å². The maximum Gasteiger partial charge on any atom is 0.176 e. The first-order chi connectivity index (χ1) is 7.24. The normalized spacial score (nSPS) is 20.1. The van der Waals surface area contributed by atoms with Gasteiger partial charge in [0.25, 0.3) is 0 Å². The van der Waals surface area contributed by atoms with Crippen LogP contribution in [0.3, 0.4) is 0 Å². The summed E-state index contributed by atoms with van der Waals surface area (Å²) in [5, 5.41) is 0. The lowest BCUT2D eigenvalue weighted by atomic mass is 9.84. The van der Waals surface area contributed by atoms with Gasteiger partial charge < -0.3 is 9.15 Å². The average molecular weight is 208 g/mol. The summed E-state index contributed by atoms with van der Waals surface area (Å²) in [6.45, 7) is 0.00356. The lowest BCUT2D eigenvalue weighted by Crippen LogP contribution is -2.31. The lowest BCUT2D eigenvalue weighted by molar-refractivity contribution is -0.125. The topological polar surface area (TPSA) is 56.5 Å². The highest BCUT2D eigenvalue weighted by Gasteiger charge is 2.33. The molecule has 0 aliphatic heterocycles. The van der Waals surface area contributed by atoms with Gasteiger partial charge in [-0.05, 0) is 12.5 Å². The number of methoxy groups -OCH3 is 1. The summed E-state index contributed by atoms with van der Waals surface area (Å²) < 4.78 is 9.90. The number of carbonyl (C=O) groups excluding carboxylic acids is 2. The number of carbonyl (C=O) groups is 2. The first-order valence-corrected chi connectivity index (χ1v) is 4.86. The third-order valence-electron chi connectivity index (χ3n) is 2.66. The van der Waals surface area contributed by atoms with Crippen LogP contribution in [0.2, 0.25) is 0 Å². The van der Waals surface area contributed by atoms with Crippen LogP contribution >= 0.6 is 0 Å². The second-order valence-electron chi connectivity index (χ2n) is 3.61. The van der Waals surface area contributed by atoms with Crippen LogP contribution in [0.15, 0.2) is 16.7 Å². The molecule has 0 amide bonds. The van der Waals surface area contributed by atoms with E-state index in [9.17, 15) is 9.59 Å². The van der Waals surface area contributed by atoms with Gasteiger partial charge in [-0.2, -0.15) is 0 Å². The van der Waals surface area contributed by atoms with Gasteiger partial charge >= 0.3 is 0 Å². The molecule has 0 aromatic carbocycles. The molecule has 0 N–H and O–H groups in total. The minimum Gasteiger partial charge on any atom is -0.469 e. The Balaban J connectivity index is 2.20. The summed E-state index contributed by atoms with van der Waals surface area (Å²) in [4.78, 5) is 23.4. The van der Waals surface area contributed by atoms with Gasteiger partial charge in [0, 0.05) is 13.5 Å². The van der Waals surface area contributed by atoms with Crippen molar-refractivity contribution in [2.45, 2.75) is 12.8 Å². The van der Waals surface area contributed by atoms with Crippen LogP contribution in [-0.2, 0) is 16.0 Å². The number of hydrogen-bond donors (Lipinski definition) is 0. The van der Waals surface area contributed by atoms with Gasteiger partial charge in [0.15, 0.2) is 11.6 Å². The number of fused-ring (bicyclic) bond motifs is 1. The minimum atomic E-state index is -0.546. The van der Waals surface area contributed by atoms with E-state index < -0.39 is 5.92 Å². The molecule has 4 heteroatoms. The summed E-state index contributed by atoms with van der Waals surface area (Å²) in [5.41, 5.74) is 0.552. The predicted molar refractivity (Wildman–Crippen MR) is 51.7 cm³/mol. The van der Waals surface area contributed by atoms with Gasteiger partial charge in [-0.1, -0.05) is 0 Å². The molecule has 1 aromatic heterocycles. The van der Waals surface area contributed by atoms with E-state index in [4.69, 9.17) is 9.15 Å². The van der Waals surface area contributed by atoms with E-state index >= 15 is 0 Å². The number of hydrogen-bond acceptors (Lipinski definition) is 4. The molecule has 15 heavy (non-hydrogen) atoms. The highest BCUT2D eigenvalue weighted by molar-refractivity contribution is 6.12. The Bertz CT molecular complexity index is 391. The number of ether oxygens (including phenoxy) is 1. The zero-order valence-electron chi connectivity index (χ0n) is 8.49. The number of Topliss-reactive ketones (excluding diaryl/α,β-unsaturated/α-hetero) is 2. The smallest absolute Gasteiger partial charge is 0.176 e. The van der Waals surface area contributed by atoms with E-state index in [0.717, 1.165) is 0 Å². The van der Waals surface area contributed by atoms with Crippen molar-refractivity contribution in [3.05, 3.63) is 23.7 Å². The Morgan fingerprint density at radius 3 is 3.20 bits per heavy atom. The molecule has 1 aliphatic carbocycles. The maximum atomic E-state index is 11.9. The largest absolute Gasteiger partial charge is 0.469 e. The first-order valence-electron chi connectivity index (χ1n) is 4.86. The molecule has 1 heterocycles. The quantitative estimate of drug-likeness (QED) is 0.701. The Morgan fingerprint density at radius 2 is 2.47 bits per heavy atom. The van der Waals surface area contributed by atoms with Crippen molar-refractivity contribution in [2.24, 2.45) is 5.92 Å². The van der Waals surface area contributed by atoms with E-state index in [1.54, 1.807) is 6.07 Å². The van der Waals surface area contributed by atoms with E-state index in [1.807, 2.05) is 0 Å². The first kappa shape index (κ1) is 10.1. The Labute approximate surface area is 87.2 Å². The van der Waals surface area contributed by atoms with Gasteiger partial charge in [-0.3, -0.25) is 9.59 Å². The van der Waals surface area contributed by atoms with Crippen molar-refractivity contribution in [3.8, 4) is 0 Å². The molecule has 80 valence electrons. The van der Waals surface area contributed by atoms with Crippen LogP contribution in [0.5, 0.6) is 0 Å². The third-order valence-corrected chi connectivity index (χ3v) is 2.66. The molecule has 0 fully saturated rings. The van der Waals surface area contributed by atoms with Gasteiger partial charge in [0.2, 0.25) is 0 Å². The Hall–Kier alpha value is -1.42. The van der Waals surface area contributed by atoms with Crippen LogP contribution < -0.4 is 0 Å². The molecule has 1 atom stereocenters. The van der Waals surface area contributed by atoms with E-state index in [1.165, 1.54) is 13.4 Å². The fourth-order valence-corrected chi connectivity index (χ4v) is 1.90. The molecule has 0 radical (unpaired) electrons. The van der Waals surface area contributed by atoms with Crippen molar-refractivity contribution < 1.29 is 18.7 Å². The van der Waals surface area contributed by atoms with Crippen LogP contribution in [0.25, 0.3) is 0 Å². The second-order valence-corrected chi connectivity index (χ2v) is 3.61. The van der Waals surface area contributed by atoms with Gasteiger partial charge in [-0.15, -0.1) is 0 Å². The molecule has 1 unspecified atom stereocenters. The fraction of sp³-hybridized carbons (Fsp3) is 0.455. The van der Waals surface area contributed by atoms with Gasteiger partial charge in [0.1, 0.15) is 12.4 Å². The summed E-state index contributed by atoms with van der Waals surface area (Å²) >= 11 is 0. The summed E-state index contributed by atoms with van der Waals surface area (Å²) in [5.74, 6) is -0.127. The highest BCUT2D eigenvalue weighted by Crippen LogP contribution is 2.26. The molecule has 1 aromatic rings. The number of ketones is 2. The van der Waals surface area contributed by atoms with Crippen LogP contribution in [0.1, 0.15) is 22.5 Å². The summed E-state index contributed by atoms with van der Waals surface area (Å²) in [7, 11) is 1.45. The van der Waals surface area contributed by atoms with Gasteiger partial charge in [-0.25, -0.2) is 0 Å². The second kappa shape index (κ2) is 3.98. The molecular formula is C11H12O4. The molecule has 1 aliphatic rings. The number of aryl methyl sites for hydroxylation is 1. The zero-order valence-corrected chi connectivity index (χ0v) is 8.49. The van der Waals surface area contributed by atoms with E-state index in [2.05, 4.69) is 0 Å². The zero-order chi connectivity index (χ0) is 10.8. The standard InChI is InChI=1S/C11H12O4/c1-14-6-9(12)7-2-3-10-8(11(7)13)4-5-15-10/h4-5,7H,2-3,6H2,1H3. The Kier molecular flexibility index (Phi) is 2.68. The highest BCUT2D eigenvalue weighted by atomic mass is 16.5. The molecule has 0 bridgehead atoms. The molecule has 0 saturated heterocycles.